The van der Waals surface area contributed by atoms with E-state index in [1.807, 2.05) is 12.1 Å². The van der Waals surface area contributed by atoms with Gasteiger partial charge >= 0.3 is 11.9 Å². The van der Waals surface area contributed by atoms with Crippen molar-refractivity contribution in [2.24, 2.45) is 0 Å². The minimum atomic E-state index is -1.12. The molecule has 6 heteroatoms. The number of halogens is 1. The first-order valence-electron chi connectivity index (χ1n) is 6.23. The number of aliphatic carboxylic acids is 2. The highest BCUT2D eigenvalue weighted by molar-refractivity contribution is 14.1. The van der Waals surface area contributed by atoms with Gasteiger partial charge < -0.3 is 15.5 Å². The van der Waals surface area contributed by atoms with E-state index in [0.717, 1.165) is 3.57 Å². The van der Waals surface area contributed by atoms with Gasteiger partial charge in [-0.05, 0) is 54.1 Å². The van der Waals surface area contributed by atoms with Crippen LogP contribution in [0.5, 0.6) is 0 Å². The van der Waals surface area contributed by atoms with E-state index in [2.05, 4.69) is 27.9 Å². The molecule has 0 bridgehead atoms. The molecular formula is C15H14INO4. The van der Waals surface area contributed by atoms with Gasteiger partial charge in [-0.25, -0.2) is 9.59 Å². The molecule has 0 fully saturated rings. The third-order valence-electron chi connectivity index (χ3n) is 3.40. The number of rotatable bonds is 3. The van der Waals surface area contributed by atoms with Gasteiger partial charge in [0.2, 0.25) is 0 Å². The Morgan fingerprint density at radius 2 is 1.62 bits per heavy atom. The normalized spacial score (nSPS) is 16.0. The van der Waals surface area contributed by atoms with Crippen LogP contribution in [0.1, 0.15) is 25.3 Å². The summed E-state index contributed by atoms with van der Waals surface area (Å²) in [6, 6.07) is 7.23. The Morgan fingerprint density at radius 1 is 1.10 bits per heavy atom. The first kappa shape index (κ1) is 15.6. The molecule has 1 aromatic carbocycles. The summed E-state index contributed by atoms with van der Waals surface area (Å²) in [7, 11) is 0. The van der Waals surface area contributed by atoms with Crippen LogP contribution < -0.4 is 5.32 Å². The molecule has 0 atom stereocenters. The molecule has 0 radical (unpaired) electrons. The Morgan fingerprint density at radius 3 is 2.05 bits per heavy atom. The van der Waals surface area contributed by atoms with E-state index in [1.54, 1.807) is 26.0 Å². The van der Waals surface area contributed by atoms with E-state index in [4.69, 9.17) is 0 Å². The second-order valence-electron chi connectivity index (χ2n) is 4.80. The SMILES string of the molecule is CC1=C(C(=O)O)C(c2cccc(I)c2)C(C(=O)O)=C(C)N1. The number of dihydropyridines is 1. The second-order valence-corrected chi connectivity index (χ2v) is 6.05. The van der Waals surface area contributed by atoms with Crippen molar-refractivity contribution in [3.63, 3.8) is 0 Å². The average Bonchev–Trinajstić information content (AvgIpc) is 2.36. The summed E-state index contributed by atoms with van der Waals surface area (Å²) in [5, 5.41) is 21.8. The standard InChI is InChI=1S/C15H14INO4/c1-7-11(14(18)19)13(9-4-3-5-10(16)6-9)12(15(20)21)8(2)17-7/h3-6,13,17H,1-2H3,(H,18,19)(H,20,21). The fourth-order valence-electron chi connectivity index (χ4n) is 2.58. The maximum Gasteiger partial charge on any atom is 0.334 e. The first-order valence-corrected chi connectivity index (χ1v) is 7.31. The van der Waals surface area contributed by atoms with Crippen LogP contribution in [0.25, 0.3) is 0 Å². The smallest absolute Gasteiger partial charge is 0.334 e. The van der Waals surface area contributed by atoms with Crippen molar-refractivity contribution in [3.8, 4) is 0 Å². The fourth-order valence-corrected chi connectivity index (χ4v) is 3.15. The molecule has 0 spiro atoms. The van der Waals surface area contributed by atoms with Gasteiger partial charge in [-0.3, -0.25) is 0 Å². The van der Waals surface area contributed by atoms with Gasteiger partial charge in [0.05, 0.1) is 17.1 Å². The van der Waals surface area contributed by atoms with Gasteiger partial charge in [0.25, 0.3) is 0 Å². The van der Waals surface area contributed by atoms with Crippen LogP contribution in [0.4, 0.5) is 0 Å². The molecule has 0 saturated heterocycles. The lowest BCUT2D eigenvalue weighted by Crippen LogP contribution is -2.31. The Hall–Kier alpha value is -1.83. The summed E-state index contributed by atoms with van der Waals surface area (Å²) >= 11 is 2.12. The van der Waals surface area contributed by atoms with Crippen LogP contribution in [0.3, 0.4) is 0 Å². The molecule has 1 aromatic rings. The zero-order chi connectivity index (χ0) is 15.7. The molecule has 0 aromatic heterocycles. The summed E-state index contributed by atoms with van der Waals surface area (Å²) in [5.74, 6) is -3.01. The van der Waals surface area contributed by atoms with Crippen molar-refractivity contribution >= 4 is 34.5 Å². The second kappa shape index (κ2) is 5.88. The molecule has 110 valence electrons. The maximum absolute atomic E-state index is 11.6. The Balaban J connectivity index is 2.70. The number of hydrogen-bond acceptors (Lipinski definition) is 3. The van der Waals surface area contributed by atoms with E-state index >= 15 is 0 Å². The van der Waals surface area contributed by atoms with Gasteiger partial charge in [0.1, 0.15) is 0 Å². The highest BCUT2D eigenvalue weighted by Gasteiger charge is 2.36. The Bertz CT molecular complexity index is 655. The van der Waals surface area contributed by atoms with E-state index in [0.29, 0.717) is 17.0 Å². The van der Waals surface area contributed by atoms with Crippen LogP contribution in [-0.4, -0.2) is 22.2 Å². The quantitative estimate of drug-likeness (QED) is 0.681. The van der Waals surface area contributed by atoms with Crippen molar-refractivity contribution in [3.05, 3.63) is 55.9 Å². The summed E-state index contributed by atoms with van der Waals surface area (Å²) in [6.07, 6.45) is 0. The summed E-state index contributed by atoms with van der Waals surface area (Å²) in [6.45, 7) is 3.29. The lowest BCUT2D eigenvalue weighted by atomic mass is 9.80. The molecule has 0 unspecified atom stereocenters. The van der Waals surface area contributed by atoms with Crippen molar-refractivity contribution in [1.82, 2.24) is 5.32 Å². The molecule has 1 aliphatic rings. The van der Waals surface area contributed by atoms with Crippen LogP contribution >= 0.6 is 22.6 Å². The average molecular weight is 399 g/mol. The van der Waals surface area contributed by atoms with Crippen molar-refractivity contribution in [1.29, 1.82) is 0 Å². The molecular weight excluding hydrogens is 385 g/mol. The summed E-state index contributed by atoms with van der Waals surface area (Å²) in [5.41, 5.74) is 1.74. The minimum absolute atomic E-state index is 0.0694. The number of benzene rings is 1. The third kappa shape index (κ3) is 2.94. The number of carbonyl (C=O) groups is 2. The van der Waals surface area contributed by atoms with E-state index in [9.17, 15) is 19.8 Å². The number of carboxylic acid groups (broad SMARTS) is 2. The molecule has 5 nitrogen and oxygen atoms in total. The molecule has 0 aliphatic carbocycles. The third-order valence-corrected chi connectivity index (χ3v) is 4.07. The summed E-state index contributed by atoms with van der Waals surface area (Å²) < 4.78 is 0.924. The van der Waals surface area contributed by atoms with Gasteiger partial charge in [-0.1, -0.05) is 12.1 Å². The predicted octanol–water partition coefficient (Wildman–Crippen LogP) is 2.70. The monoisotopic (exact) mass is 399 g/mol. The van der Waals surface area contributed by atoms with Crippen molar-refractivity contribution < 1.29 is 19.8 Å². The van der Waals surface area contributed by atoms with Crippen molar-refractivity contribution in [2.75, 3.05) is 0 Å². The minimum Gasteiger partial charge on any atom is -0.478 e. The highest BCUT2D eigenvalue weighted by atomic mass is 127. The van der Waals surface area contributed by atoms with Gasteiger partial charge in [-0.2, -0.15) is 0 Å². The fraction of sp³-hybridized carbons (Fsp3) is 0.200. The number of hydrogen-bond donors (Lipinski definition) is 3. The topological polar surface area (TPSA) is 86.6 Å². The van der Waals surface area contributed by atoms with Crippen LogP contribution in [-0.2, 0) is 9.59 Å². The van der Waals surface area contributed by atoms with E-state index in [1.165, 1.54) is 0 Å². The maximum atomic E-state index is 11.6. The zero-order valence-electron chi connectivity index (χ0n) is 11.5. The lowest BCUT2D eigenvalue weighted by Gasteiger charge is -2.28. The van der Waals surface area contributed by atoms with Crippen LogP contribution in [0.15, 0.2) is 46.8 Å². The molecule has 2 rings (SSSR count). The van der Waals surface area contributed by atoms with Crippen molar-refractivity contribution in [2.45, 2.75) is 19.8 Å². The predicted molar refractivity (Wildman–Crippen MR) is 85.7 cm³/mol. The number of carboxylic acids is 2. The number of nitrogens with one attached hydrogen (secondary N) is 1. The zero-order valence-corrected chi connectivity index (χ0v) is 13.6. The summed E-state index contributed by atoms with van der Waals surface area (Å²) in [4.78, 5) is 23.2. The van der Waals surface area contributed by atoms with Gasteiger partial charge in [-0.15, -0.1) is 0 Å². The van der Waals surface area contributed by atoms with Gasteiger partial charge in [0.15, 0.2) is 0 Å². The number of allylic oxidation sites excluding steroid dienone is 2. The van der Waals surface area contributed by atoms with E-state index < -0.39 is 17.9 Å². The Kier molecular flexibility index (Phi) is 4.36. The van der Waals surface area contributed by atoms with Crippen LogP contribution in [0, 0.1) is 3.57 Å². The first-order chi connectivity index (χ1) is 9.82. The molecule has 1 aliphatic heterocycles. The van der Waals surface area contributed by atoms with Crippen LogP contribution in [0.2, 0.25) is 0 Å². The molecule has 21 heavy (non-hydrogen) atoms. The molecule has 1 heterocycles. The molecule has 3 N–H and O–H groups in total. The largest absolute Gasteiger partial charge is 0.478 e. The van der Waals surface area contributed by atoms with E-state index in [-0.39, 0.29) is 11.1 Å². The molecule has 0 amide bonds. The molecule has 0 saturated carbocycles. The lowest BCUT2D eigenvalue weighted by molar-refractivity contribution is -0.133. The van der Waals surface area contributed by atoms with Gasteiger partial charge in [0, 0.05) is 15.0 Å². The Labute approximate surface area is 135 Å². The highest BCUT2D eigenvalue weighted by Crippen LogP contribution is 2.38.